The highest BCUT2D eigenvalue weighted by molar-refractivity contribution is 5.90. The van der Waals surface area contributed by atoms with Gasteiger partial charge in [0.25, 0.3) is 0 Å². The number of carboxylic acid groups (broad SMARTS) is 1. The molecule has 0 aromatic heterocycles. The predicted molar refractivity (Wildman–Crippen MR) is 82.8 cm³/mol. The quantitative estimate of drug-likeness (QED) is 0.917. The van der Waals surface area contributed by atoms with Crippen molar-refractivity contribution in [2.45, 2.75) is 6.54 Å². The molecule has 4 heteroatoms. The molecule has 0 fully saturated rings. The molecule has 2 rings (SSSR count). The lowest BCUT2D eigenvalue weighted by Gasteiger charge is -2.16. The molecule has 1 N–H and O–H groups in total. The van der Waals surface area contributed by atoms with Crippen molar-refractivity contribution < 1.29 is 14.6 Å². The maximum absolute atomic E-state index is 11.2. The Hall–Kier alpha value is -2.33. The van der Waals surface area contributed by atoms with Crippen LogP contribution in [-0.4, -0.2) is 37.2 Å². The molecule has 0 unspecified atom stereocenters. The largest absolute Gasteiger partial charge is 0.496 e. The molecule has 0 saturated heterocycles. The molecule has 0 radical (unpaired) electrons. The molecule has 21 heavy (non-hydrogen) atoms. The van der Waals surface area contributed by atoms with Crippen LogP contribution in [0.2, 0.25) is 0 Å². The second-order valence-electron chi connectivity index (χ2n) is 5.12. The second-order valence-corrected chi connectivity index (χ2v) is 5.12. The standard InChI is InChI=1S/C17H19NO3/c1-18(2)11-13-6-4-5-7-14(13)15-10-12(17(19)20)8-9-16(15)21-3/h4-10H,11H2,1-3H3,(H,19,20). The van der Waals surface area contributed by atoms with Gasteiger partial charge in [0.1, 0.15) is 5.75 Å². The minimum Gasteiger partial charge on any atom is -0.496 e. The normalized spacial score (nSPS) is 10.7. The monoisotopic (exact) mass is 285 g/mol. The van der Waals surface area contributed by atoms with Crippen molar-refractivity contribution in [3.63, 3.8) is 0 Å². The van der Waals surface area contributed by atoms with Gasteiger partial charge in [-0.3, -0.25) is 0 Å². The molecule has 0 aliphatic carbocycles. The third-order valence-electron chi connectivity index (χ3n) is 3.24. The van der Waals surface area contributed by atoms with Gasteiger partial charge >= 0.3 is 5.97 Å². The summed E-state index contributed by atoms with van der Waals surface area (Å²) in [7, 11) is 5.59. The second kappa shape index (κ2) is 6.41. The lowest BCUT2D eigenvalue weighted by atomic mass is 9.97. The average molecular weight is 285 g/mol. The van der Waals surface area contributed by atoms with E-state index in [4.69, 9.17) is 4.74 Å². The van der Waals surface area contributed by atoms with Crippen LogP contribution in [0.5, 0.6) is 5.75 Å². The summed E-state index contributed by atoms with van der Waals surface area (Å²) in [6.07, 6.45) is 0. The molecule has 4 nitrogen and oxygen atoms in total. The zero-order valence-electron chi connectivity index (χ0n) is 12.5. The molecule has 2 aromatic rings. The van der Waals surface area contributed by atoms with Gasteiger partial charge in [0, 0.05) is 12.1 Å². The van der Waals surface area contributed by atoms with E-state index in [0.29, 0.717) is 5.75 Å². The van der Waals surface area contributed by atoms with Crippen LogP contribution in [0.25, 0.3) is 11.1 Å². The maximum Gasteiger partial charge on any atom is 0.335 e. The van der Waals surface area contributed by atoms with Crippen LogP contribution in [0.15, 0.2) is 42.5 Å². The van der Waals surface area contributed by atoms with Gasteiger partial charge in [-0.05, 0) is 43.4 Å². The van der Waals surface area contributed by atoms with Crippen LogP contribution < -0.4 is 4.74 Å². The highest BCUT2D eigenvalue weighted by atomic mass is 16.5. The minimum absolute atomic E-state index is 0.255. The van der Waals surface area contributed by atoms with Crippen molar-refractivity contribution in [3.8, 4) is 16.9 Å². The Bertz CT molecular complexity index is 650. The summed E-state index contributed by atoms with van der Waals surface area (Å²) in [4.78, 5) is 13.3. The Morgan fingerprint density at radius 1 is 1.14 bits per heavy atom. The van der Waals surface area contributed by atoms with Crippen LogP contribution in [0, 0.1) is 0 Å². The fourth-order valence-electron chi connectivity index (χ4n) is 2.31. The van der Waals surface area contributed by atoms with Gasteiger partial charge in [0.05, 0.1) is 12.7 Å². The van der Waals surface area contributed by atoms with Gasteiger partial charge < -0.3 is 14.7 Å². The SMILES string of the molecule is COc1ccc(C(=O)O)cc1-c1ccccc1CN(C)C. The summed E-state index contributed by atoms with van der Waals surface area (Å²) in [6.45, 7) is 0.774. The first kappa shape index (κ1) is 15.1. The minimum atomic E-state index is -0.941. The van der Waals surface area contributed by atoms with Crippen LogP contribution in [0.3, 0.4) is 0 Å². The topological polar surface area (TPSA) is 49.8 Å². The Balaban J connectivity index is 2.59. The predicted octanol–water partition coefficient (Wildman–Crippen LogP) is 3.12. The Morgan fingerprint density at radius 3 is 2.48 bits per heavy atom. The zero-order chi connectivity index (χ0) is 15.4. The summed E-state index contributed by atoms with van der Waals surface area (Å²) in [5.41, 5.74) is 3.18. The van der Waals surface area contributed by atoms with Gasteiger partial charge in [-0.2, -0.15) is 0 Å². The van der Waals surface area contributed by atoms with Gasteiger partial charge in [-0.15, -0.1) is 0 Å². The lowest BCUT2D eigenvalue weighted by molar-refractivity contribution is 0.0697. The number of carboxylic acids is 1. The molecule has 0 heterocycles. The van der Waals surface area contributed by atoms with Gasteiger partial charge in [0.2, 0.25) is 0 Å². The van der Waals surface area contributed by atoms with Gasteiger partial charge in [-0.1, -0.05) is 24.3 Å². The van der Waals surface area contributed by atoms with Crippen LogP contribution >= 0.6 is 0 Å². The van der Waals surface area contributed by atoms with E-state index < -0.39 is 5.97 Å². The first-order valence-electron chi connectivity index (χ1n) is 6.67. The molecule has 0 aliphatic rings. The summed E-state index contributed by atoms with van der Waals surface area (Å²) >= 11 is 0. The van der Waals surface area contributed by atoms with Crippen molar-refractivity contribution in [2.24, 2.45) is 0 Å². The number of hydrogen-bond acceptors (Lipinski definition) is 3. The summed E-state index contributed by atoms with van der Waals surface area (Å²) in [6, 6.07) is 12.9. The number of carbonyl (C=O) groups is 1. The van der Waals surface area contributed by atoms with E-state index in [9.17, 15) is 9.90 Å². The molecular formula is C17H19NO3. The Morgan fingerprint density at radius 2 is 1.86 bits per heavy atom. The fraction of sp³-hybridized carbons (Fsp3) is 0.235. The van der Waals surface area contributed by atoms with Crippen LogP contribution in [0.4, 0.5) is 0 Å². The number of methoxy groups -OCH3 is 1. The molecule has 0 amide bonds. The third kappa shape index (κ3) is 3.41. The van der Waals surface area contributed by atoms with E-state index in [1.807, 2.05) is 38.4 Å². The zero-order valence-corrected chi connectivity index (χ0v) is 12.5. The molecule has 0 saturated carbocycles. The summed E-state index contributed by atoms with van der Waals surface area (Å²) in [5, 5.41) is 9.19. The highest BCUT2D eigenvalue weighted by Gasteiger charge is 2.13. The van der Waals surface area contributed by atoms with E-state index in [1.54, 1.807) is 25.3 Å². The van der Waals surface area contributed by atoms with Crippen molar-refractivity contribution in [2.75, 3.05) is 21.2 Å². The number of rotatable bonds is 5. The van der Waals surface area contributed by atoms with E-state index in [-0.39, 0.29) is 5.56 Å². The van der Waals surface area contributed by atoms with Crippen LogP contribution in [-0.2, 0) is 6.54 Å². The lowest BCUT2D eigenvalue weighted by Crippen LogP contribution is -2.11. The number of aromatic carboxylic acids is 1. The van der Waals surface area contributed by atoms with Gasteiger partial charge in [-0.25, -0.2) is 4.79 Å². The molecular weight excluding hydrogens is 266 g/mol. The number of benzene rings is 2. The first-order valence-corrected chi connectivity index (χ1v) is 6.67. The average Bonchev–Trinajstić information content (AvgIpc) is 2.46. The first-order chi connectivity index (χ1) is 10.0. The van der Waals surface area contributed by atoms with Crippen molar-refractivity contribution in [1.82, 2.24) is 4.90 Å². The van der Waals surface area contributed by atoms with E-state index in [0.717, 1.165) is 23.2 Å². The Kier molecular flexibility index (Phi) is 4.60. The smallest absolute Gasteiger partial charge is 0.335 e. The number of nitrogens with zero attached hydrogens (tertiary/aromatic N) is 1. The number of hydrogen-bond donors (Lipinski definition) is 1. The summed E-state index contributed by atoms with van der Waals surface area (Å²) in [5.74, 6) is -0.268. The van der Waals surface area contributed by atoms with E-state index in [2.05, 4.69) is 4.90 Å². The maximum atomic E-state index is 11.2. The molecule has 0 spiro atoms. The molecule has 0 atom stereocenters. The molecule has 0 aliphatic heterocycles. The van der Waals surface area contributed by atoms with E-state index in [1.165, 1.54) is 0 Å². The van der Waals surface area contributed by atoms with Crippen molar-refractivity contribution in [1.29, 1.82) is 0 Å². The highest BCUT2D eigenvalue weighted by Crippen LogP contribution is 2.33. The molecule has 110 valence electrons. The van der Waals surface area contributed by atoms with Crippen LogP contribution in [0.1, 0.15) is 15.9 Å². The molecule has 2 aromatic carbocycles. The van der Waals surface area contributed by atoms with Crippen molar-refractivity contribution >= 4 is 5.97 Å². The molecule has 0 bridgehead atoms. The van der Waals surface area contributed by atoms with Gasteiger partial charge in [0.15, 0.2) is 0 Å². The Labute approximate surface area is 124 Å². The number of ether oxygens (including phenoxy) is 1. The fourth-order valence-corrected chi connectivity index (χ4v) is 2.31. The summed E-state index contributed by atoms with van der Waals surface area (Å²) < 4.78 is 5.39. The third-order valence-corrected chi connectivity index (χ3v) is 3.24. The van der Waals surface area contributed by atoms with E-state index >= 15 is 0 Å². The van der Waals surface area contributed by atoms with Crippen molar-refractivity contribution in [3.05, 3.63) is 53.6 Å².